The number of anilines is 1. The first-order valence-electron chi connectivity index (χ1n) is 6.02. The summed E-state index contributed by atoms with van der Waals surface area (Å²) in [7, 11) is 0. The molecule has 3 atom stereocenters. The van der Waals surface area contributed by atoms with Crippen LogP contribution in [0.4, 0.5) is 10.2 Å². The first-order chi connectivity index (χ1) is 9.60. The fourth-order valence-electron chi connectivity index (χ4n) is 2.35. The number of imidazole rings is 1. The predicted octanol–water partition coefficient (Wildman–Crippen LogP) is 0.635. The van der Waals surface area contributed by atoms with Crippen molar-refractivity contribution in [3.63, 3.8) is 0 Å². The predicted molar refractivity (Wildman–Crippen MR) is 69.9 cm³/mol. The Kier molecular flexibility index (Phi) is 3.23. The maximum Gasteiger partial charge on any atom is 0.168 e. The number of nitrogens with two attached hydrogens (primary N) is 1. The molecule has 2 aromatic heterocycles. The molecule has 3 unspecified atom stereocenters. The third kappa shape index (κ3) is 1.91. The number of fused-ring (bicyclic) bond motifs is 1. The lowest BCUT2D eigenvalue weighted by molar-refractivity contribution is -0.0901. The van der Waals surface area contributed by atoms with E-state index in [2.05, 4.69) is 15.0 Å². The Morgan fingerprint density at radius 1 is 1.55 bits per heavy atom. The van der Waals surface area contributed by atoms with Gasteiger partial charge in [-0.3, -0.25) is 4.57 Å². The van der Waals surface area contributed by atoms with Crippen LogP contribution in [0.3, 0.4) is 0 Å². The van der Waals surface area contributed by atoms with Crippen LogP contribution < -0.4 is 5.73 Å². The number of nitrogens with zero attached hydrogens (tertiary/aromatic N) is 4. The fraction of sp³-hybridized carbons (Fsp3) is 0.545. The molecule has 0 bridgehead atoms. The van der Waals surface area contributed by atoms with Crippen LogP contribution in [0, 0.1) is 0 Å². The fourth-order valence-corrected chi connectivity index (χ4v) is 2.61. The van der Waals surface area contributed by atoms with Gasteiger partial charge in [0.05, 0.1) is 18.8 Å². The molecule has 7 nitrogen and oxygen atoms in total. The molecule has 1 aliphatic rings. The lowest BCUT2D eigenvalue weighted by Crippen LogP contribution is -2.35. The highest BCUT2D eigenvalue weighted by Crippen LogP contribution is 2.40. The molecule has 1 aliphatic heterocycles. The van der Waals surface area contributed by atoms with Gasteiger partial charge in [-0.2, -0.15) is 0 Å². The topological polar surface area (TPSA) is 99.1 Å². The largest absolute Gasteiger partial charge is 0.393 e. The average Bonchev–Trinajstić information content (AvgIpc) is 3.01. The number of hydrogen-bond acceptors (Lipinski definition) is 6. The van der Waals surface area contributed by atoms with E-state index in [1.165, 1.54) is 17.2 Å². The van der Waals surface area contributed by atoms with Gasteiger partial charge in [0.15, 0.2) is 17.7 Å². The van der Waals surface area contributed by atoms with E-state index in [9.17, 15) is 9.50 Å². The van der Waals surface area contributed by atoms with Crippen molar-refractivity contribution in [1.29, 1.82) is 0 Å². The number of aliphatic hydroxyl groups excluding tert-OH is 1. The Bertz CT molecular complexity index is 632. The van der Waals surface area contributed by atoms with Gasteiger partial charge in [0.25, 0.3) is 0 Å². The van der Waals surface area contributed by atoms with Crippen LogP contribution in [-0.4, -0.2) is 48.9 Å². The summed E-state index contributed by atoms with van der Waals surface area (Å²) in [5.74, 6) is 0.220. The van der Waals surface area contributed by atoms with Crippen molar-refractivity contribution in [2.75, 3.05) is 18.2 Å². The molecule has 3 heterocycles. The first-order valence-corrected chi connectivity index (χ1v) is 6.55. The monoisotopic (exact) mass is 301 g/mol. The molecule has 0 aliphatic carbocycles. The van der Waals surface area contributed by atoms with Gasteiger partial charge < -0.3 is 15.6 Å². The molecule has 9 heteroatoms. The van der Waals surface area contributed by atoms with Gasteiger partial charge in [-0.05, 0) is 0 Å². The number of ether oxygens (including phenoxy) is 1. The van der Waals surface area contributed by atoms with E-state index in [1.807, 2.05) is 0 Å². The van der Waals surface area contributed by atoms with Crippen LogP contribution in [0.15, 0.2) is 12.7 Å². The second-order valence-electron chi connectivity index (χ2n) is 4.79. The highest BCUT2D eigenvalue weighted by atomic mass is 35.5. The van der Waals surface area contributed by atoms with E-state index < -0.39 is 18.0 Å². The van der Waals surface area contributed by atoms with E-state index in [0.717, 1.165) is 0 Å². The summed E-state index contributed by atoms with van der Waals surface area (Å²) < 4.78 is 21.3. The summed E-state index contributed by atoms with van der Waals surface area (Å²) >= 11 is 5.78. The molecule has 0 aromatic carbocycles. The Labute approximate surface area is 118 Å². The van der Waals surface area contributed by atoms with Crippen LogP contribution in [0.5, 0.6) is 0 Å². The van der Waals surface area contributed by atoms with Gasteiger partial charge >= 0.3 is 0 Å². The normalized spacial score (nSPS) is 30.1. The minimum absolute atomic E-state index is 0.00414. The molecular weight excluding hydrogens is 289 g/mol. The maximum atomic E-state index is 14.2. The third-order valence-corrected chi connectivity index (χ3v) is 3.93. The smallest absolute Gasteiger partial charge is 0.168 e. The minimum atomic E-state index is -1.32. The second-order valence-corrected chi connectivity index (χ2v) is 5.05. The van der Waals surface area contributed by atoms with Gasteiger partial charge in [-0.1, -0.05) is 0 Å². The van der Waals surface area contributed by atoms with Crippen molar-refractivity contribution in [1.82, 2.24) is 19.5 Å². The molecule has 1 fully saturated rings. The number of rotatable bonds is 3. The molecule has 1 saturated heterocycles. The van der Waals surface area contributed by atoms with Gasteiger partial charge in [0.2, 0.25) is 0 Å². The van der Waals surface area contributed by atoms with Gasteiger partial charge in [0, 0.05) is 6.42 Å². The third-order valence-electron chi connectivity index (χ3n) is 3.44. The molecule has 3 rings (SSSR count). The zero-order chi connectivity index (χ0) is 14.3. The van der Waals surface area contributed by atoms with Crippen molar-refractivity contribution in [3.05, 3.63) is 12.7 Å². The highest BCUT2D eigenvalue weighted by Gasteiger charge is 2.47. The van der Waals surface area contributed by atoms with Crippen molar-refractivity contribution in [2.45, 2.75) is 24.4 Å². The molecule has 20 heavy (non-hydrogen) atoms. The van der Waals surface area contributed by atoms with Crippen LogP contribution >= 0.6 is 11.6 Å². The molecule has 0 saturated carbocycles. The zero-order valence-corrected chi connectivity index (χ0v) is 11.2. The second kappa shape index (κ2) is 4.80. The molecular formula is C11H13ClFN5O2. The van der Waals surface area contributed by atoms with E-state index in [4.69, 9.17) is 22.1 Å². The SMILES string of the molecule is Nc1ncnc2c1ncn2C1OC(CO)(CCl)CC1F. The van der Waals surface area contributed by atoms with E-state index in [0.29, 0.717) is 11.2 Å². The molecule has 0 radical (unpaired) electrons. The molecule has 2 aromatic rings. The van der Waals surface area contributed by atoms with Crippen molar-refractivity contribution < 1.29 is 14.2 Å². The Balaban J connectivity index is 2.02. The minimum Gasteiger partial charge on any atom is -0.393 e. The van der Waals surface area contributed by atoms with Crippen LogP contribution in [0.2, 0.25) is 0 Å². The molecule has 3 N–H and O–H groups in total. The summed E-state index contributed by atoms with van der Waals surface area (Å²) in [5.41, 5.74) is 5.37. The van der Waals surface area contributed by atoms with Crippen LogP contribution in [0.25, 0.3) is 11.2 Å². The molecule has 0 amide bonds. The highest BCUT2D eigenvalue weighted by molar-refractivity contribution is 6.18. The van der Waals surface area contributed by atoms with Crippen LogP contribution in [0.1, 0.15) is 12.6 Å². The first kappa shape index (κ1) is 13.5. The Morgan fingerprint density at radius 2 is 2.35 bits per heavy atom. The summed E-state index contributed by atoms with van der Waals surface area (Å²) in [6.45, 7) is -0.350. The number of halogens is 2. The van der Waals surface area contributed by atoms with Crippen molar-refractivity contribution in [2.24, 2.45) is 0 Å². The lowest BCUT2D eigenvalue weighted by Gasteiger charge is -2.24. The summed E-state index contributed by atoms with van der Waals surface area (Å²) in [6, 6.07) is 0. The van der Waals surface area contributed by atoms with E-state index >= 15 is 0 Å². The number of alkyl halides is 2. The number of hydrogen-bond donors (Lipinski definition) is 2. The van der Waals surface area contributed by atoms with E-state index in [1.54, 1.807) is 0 Å². The maximum absolute atomic E-state index is 14.2. The molecule has 0 spiro atoms. The average molecular weight is 302 g/mol. The summed E-state index contributed by atoms with van der Waals surface area (Å²) in [5, 5.41) is 9.36. The number of aliphatic hydroxyl groups is 1. The standard InChI is InChI=1S/C11H13ClFN5O2/c12-2-11(3-19)1-6(13)10(20-11)18-5-17-7-8(14)15-4-16-9(7)18/h4-6,10,19H,1-3H2,(H2,14,15,16). The van der Waals surface area contributed by atoms with Gasteiger partial charge in [0.1, 0.15) is 23.6 Å². The summed E-state index contributed by atoms with van der Waals surface area (Å²) in [6.07, 6.45) is 0.417. The molecule has 108 valence electrons. The Hall–Kier alpha value is -1.51. The zero-order valence-electron chi connectivity index (χ0n) is 10.4. The van der Waals surface area contributed by atoms with Gasteiger partial charge in [-0.15, -0.1) is 11.6 Å². The lowest BCUT2D eigenvalue weighted by atomic mass is 10.0. The van der Waals surface area contributed by atoms with E-state index in [-0.39, 0.29) is 24.7 Å². The van der Waals surface area contributed by atoms with Crippen LogP contribution in [-0.2, 0) is 4.74 Å². The number of aromatic nitrogens is 4. The Morgan fingerprint density at radius 3 is 3.00 bits per heavy atom. The quantitative estimate of drug-likeness (QED) is 0.807. The van der Waals surface area contributed by atoms with Crippen molar-refractivity contribution >= 4 is 28.6 Å². The van der Waals surface area contributed by atoms with Gasteiger partial charge in [-0.25, -0.2) is 19.3 Å². The number of nitrogen functional groups attached to an aromatic ring is 1. The van der Waals surface area contributed by atoms with Crippen molar-refractivity contribution in [3.8, 4) is 0 Å². The summed E-state index contributed by atoms with van der Waals surface area (Å²) in [4.78, 5) is 11.9.